The standard InChI is InChI=1S/C15H17F4NO3/c16-10-4-5-11(23-15(18)19)13(17)12(10)14(22)20-7-8-2-1-3-9(21)6-8/h4-5,8-9,15,21H,1-3,6-7H2,(H,20,22). The van der Waals surface area contributed by atoms with Crippen molar-refractivity contribution in [3.05, 3.63) is 29.3 Å². The number of aliphatic hydroxyl groups excluding tert-OH is 1. The van der Waals surface area contributed by atoms with Crippen molar-refractivity contribution in [1.29, 1.82) is 0 Å². The molecule has 2 rings (SSSR count). The van der Waals surface area contributed by atoms with Crippen LogP contribution in [-0.4, -0.2) is 30.3 Å². The number of carbonyl (C=O) groups excluding carboxylic acids is 1. The fourth-order valence-electron chi connectivity index (χ4n) is 2.70. The van der Waals surface area contributed by atoms with Gasteiger partial charge in [-0.05, 0) is 37.3 Å². The highest BCUT2D eigenvalue weighted by Crippen LogP contribution is 2.26. The molecule has 1 aromatic carbocycles. The second-order valence-electron chi connectivity index (χ2n) is 5.51. The number of ether oxygens (including phenoxy) is 1. The van der Waals surface area contributed by atoms with Gasteiger partial charge in [0, 0.05) is 6.54 Å². The van der Waals surface area contributed by atoms with Crippen molar-refractivity contribution >= 4 is 5.91 Å². The molecule has 0 spiro atoms. The van der Waals surface area contributed by atoms with E-state index in [1.807, 2.05) is 0 Å². The van der Waals surface area contributed by atoms with E-state index >= 15 is 0 Å². The molecule has 0 aromatic heterocycles. The number of nitrogens with one attached hydrogen (secondary N) is 1. The SMILES string of the molecule is O=C(NCC1CCCC(O)C1)c1c(F)ccc(OC(F)F)c1F. The topological polar surface area (TPSA) is 58.6 Å². The molecule has 1 aliphatic rings. The monoisotopic (exact) mass is 335 g/mol. The third-order valence-corrected chi connectivity index (χ3v) is 3.81. The largest absolute Gasteiger partial charge is 0.432 e. The number of amides is 1. The summed E-state index contributed by atoms with van der Waals surface area (Å²) in [6.45, 7) is -3.14. The zero-order valence-electron chi connectivity index (χ0n) is 12.2. The normalized spacial score (nSPS) is 21.3. The Hall–Kier alpha value is -1.83. The van der Waals surface area contributed by atoms with Crippen LogP contribution in [0.1, 0.15) is 36.0 Å². The predicted molar refractivity (Wildman–Crippen MR) is 73.3 cm³/mol. The number of alkyl halides is 2. The maximum Gasteiger partial charge on any atom is 0.387 e. The van der Waals surface area contributed by atoms with Gasteiger partial charge in [0.2, 0.25) is 0 Å². The lowest BCUT2D eigenvalue weighted by Crippen LogP contribution is -2.34. The lowest BCUT2D eigenvalue weighted by molar-refractivity contribution is -0.0523. The van der Waals surface area contributed by atoms with Crippen molar-refractivity contribution in [3.63, 3.8) is 0 Å². The summed E-state index contributed by atoms with van der Waals surface area (Å²) in [7, 11) is 0. The van der Waals surface area contributed by atoms with Crippen LogP contribution in [-0.2, 0) is 0 Å². The van der Waals surface area contributed by atoms with Crippen molar-refractivity contribution in [2.45, 2.75) is 38.4 Å². The number of aliphatic hydroxyl groups is 1. The van der Waals surface area contributed by atoms with Gasteiger partial charge in [-0.15, -0.1) is 0 Å². The zero-order chi connectivity index (χ0) is 17.0. The number of carbonyl (C=O) groups is 1. The van der Waals surface area contributed by atoms with Gasteiger partial charge in [0.1, 0.15) is 11.4 Å². The summed E-state index contributed by atoms with van der Waals surface area (Å²) in [6.07, 6.45) is 2.35. The van der Waals surface area contributed by atoms with Gasteiger partial charge in [-0.25, -0.2) is 8.78 Å². The Bertz CT molecular complexity index is 568. The maximum absolute atomic E-state index is 14.0. The zero-order valence-corrected chi connectivity index (χ0v) is 12.2. The highest BCUT2D eigenvalue weighted by atomic mass is 19.3. The van der Waals surface area contributed by atoms with Crippen LogP contribution in [0.3, 0.4) is 0 Å². The number of hydrogen-bond acceptors (Lipinski definition) is 3. The Morgan fingerprint density at radius 3 is 2.74 bits per heavy atom. The highest BCUT2D eigenvalue weighted by molar-refractivity contribution is 5.95. The molecule has 0 aliphatic heterocycles. The fraction of sp³-hybridized carbons (Fsp3) is 0.533. The minimum absolute atomic E-state index is 0.00863. The van der Waals surface area contributed by atoms with E-state index in [1.54, 1.807) is 0 Å². The average molecular weight is 335 g/mol. The molecule has 1 saturated carbocycles. The van der Waals surface area contributed by atoms with Crippen LogP contribution < -0.4 is 10.1 Å². The summed E-state index contributed by atoms with van der Waals surface area (Å²) >= 11 is 0. The molecule has 23 heavy (non-hydrogen) atoms. The van der Waals surface area contributed by atoms with E-state index in [-0.39, 0.29) is 12.5 Å². The summed E-state index contributed by atoms with van der Waals surface area (Å²) in [5, 5.41) is 11.9. The van der Waals surface area contributed by atoms with Gasteiger partial charge in [-0.3, -0.25) is 4.79 Å². The van der Waals surface area contributed by atoms with E-state index < -0.39 is 41.6 Å². The predicted octanol–water partition coefficient (Wildman–Crippen LogP) is 2.85. The molecule has 128 valence electrons. The molecule has 2 N–H and O–H groups in total. The molecule has 1 aliphatic carbocycles. The van der Waals surface area contributed by atoms with Gasteiger partial charge in [0.25, 0.3) is 5.91 Å². The first kappa shape index (κ1) is 17.5. The molecule has 0 heterocycles. The van der Waals surface area contributed by atoms with E-state index in [4.69, 9.17) is 0 Å². The van der Waals surface area contributed by atoms with E-state index in [0.29, 0.717) is 25.0 Å². The molecule has 4 nitrogen and oxygen atoms in total. The lowest BCUT2D eigenvalue weighted by Gasteiger charge is -2.26. The van der Waals surface area contributed by atoms with E-state index in [9.17, 15) is 27.5 Å². The van der Waals surface area contributed by atoms with E-state index in [0.717, 1.165) is 12.8 Å². The quantitative estimate of drug-likeness (QED) is 0.814. The van der Waals surface area contributed by atoms with Crippen LogP contribution in [0.25, 0.3) is 0 Å². The summed E-state index contributed by atoms with van der Waals surface area (Å²) < 4.78 is 55.9. The summed E-state index contributed by atoms with van der Waals surface area (Å²) in [6, 6.07) is 1.39. The Morgan fingerprint density at radius 1 is 1.35 bits per heavy atom. The fourth-order valence-corrected chi connectivity index (χ4v) is 2.70. The summed E-state index contributed by atoms with van der Waals surface area (Å²) in [4.78, 5) is 12.0. The minimum atomic E-state index is -3.28. The van der Waals surface area contributed by atoms with Crippen molar-refractivity contribution in [2.75, 3.05) is 6.54 Å². The van der Waals surface area contributed by atoms with Crippen LogP contribution in [0.2, 0.25) is 0 Å². The first-order valence-electron chi connectivity index (χ1n) is 7.27. The molecule has 0 radical (unpaired) electrons. The number of benzene rings is 1. The van der Waals surface area contributed by atoms with Gasteiger partial charge in [-0.1, -0.05) is 6.42 Å². The molecule has 1 aromatic rings. The molecule has 1 amide bonds. The number of rotatable bonds is 5. The summed E-state index contributed by atoms with van der Waals surface area (Å²) in [5.74, 6) is -4.55. The van der Waals surface area contributed by atoms with Gasteiger partial charge in [0.05, 0.1) is 6.10 Å². The van der Waals surface area contributed by atoms with Gasteiger partial charge in [0.15, 0.2) is 11.6 Å². The first-order valence-corrected chi connectivity index (χ1v) is 7.27. The number of hydrogen-bond donors (Lipinski definition) is 2. The second kappa shape index (κ2) is 7.63. The Kier molecular flexibility index (Phi) is 5.81. The smallest absolute Gasteiger partial charge is 0.387 e. The van der Waals surface area contributed by atoms with Crippen molar-refractivity contribution in [1.82, 2.24) is 5.32 Å². The van der Waals surface area contributed by atoms with Gasteiger partial charge < -0.3 is 15.2 Å². The Labute approximate surface area is 130 Å². The Balaban J connectivity index is 2.06. The third-order valence-electron chi connectivity index (χ3n) is 3.81. The second-order valence-corrected chi connectivity index (χ2v) is 5.51. The van der Waals surface area contributed by atoms with Crippen molar-refractivity contribution in [2.24, 2.45) is 5.92 Å². The number of halogens is 4. The van der Waals surface area contributed by atoms with Crippen LogP contribution in [0.5, 0.6) is 5.75 Å². The maximum atomic E-state index is 14.0. The molecule has 2 unspecified atom stereocenters. The Morgan fingerprint density at radius 2 is 2.09 bits per heavy atom. The first-order chi connectivity index (χ1) is 10.9. The molecular weight excluding hydrogens is 318 g/mol. The summed E-state index contributed by atoms with van der Waals surface area (Å²) in [5.41, 5.74) is -0.959. The van der Waals surface area contributed by atoms with E-state index in [2.05, 4.69) is 10.1 Å². The minimum Gasteiger partial charge on any atom is -0.432 e. The van der Waals surface area contributed by atoms with Crippen molar-refractivity contribution in [3.8, 4) is 5.75 Å². The van der Waals surface area contributed by atoms with Crippen molar-refractivity contribution < 1.29 is 32.2 Å². The molecule has 1 fully saturated rings. The lowest BCUT2D eigenvalue weighted by atomic mass is 9.87. The molecule has 8 heteroatoms. The molecule has 0 bridgehead atoms. The molecular formula is C15H17F4NO3. The molecule has 2 atom stereocenters. The average Bonchev–Trinajstić information content (AvgIpc) is 2.48. The van der Waals surface area contributed by atoms with Gasteiger partial charge in [-0.2, -0.15) is 8.78 Å². The molecule has 0 saturated heterocycles. The van der Waals surface area contributed by atoms with Gasteiger partial charge >= 0.3 is 6.61 Å². The van der Waals surface area contributed by atoms with Crippen LogP contribution >= 0.6 is 0 Å². The van der Waals surface area contributed by atoms with Crippen LogP contribution in [0.4, 0.5) is 17.6 Å². The highest BCUT2D eigenvalue weighted by Gasteiger charge is 2.25. The van der Waals surface area contributed by atoms with Crippen LogP contribution in [0, 0.1) is 17.6 Å². The third kappa shape index (κ3) is 4.57. The van der Waals surface area contributed by atoms with Crippen LogP contribution in [0.15, 0.2) is 12.1 Å². The van der Waals surface area contributed by atoms with E-state index in [1.165, 1.54) is 0 Å².